The number of rotatable bonds is 4. The summed E-state index contributed by atoms with van der Waals surface area (Å²) in [6.45, 7) is 5.08. The maximum atomic E-state index is 12.9. The largest absolute Gasteiger partial charge is 0.389 e. The summed E-state index contributed by atoms with van der Waals surface area (Å²) in [5, 5.41) is 0. The Hall–Kier alpha value is -2.29. The molecule has 0 aromatic heterocycles. The van der Waals surface area contributed by atoms with E-state index in [9.17, 15) is 13.2 Å². The van der Waals surface area contributed by atoms with Gasteiger partial charge in [-0.1, -0.05) is 30.4 Å². The monoisotopic (exact) mass is 417 g/mol. The average Bonchev–Trinajstić information content (AvgIpc) is 2.69. The molecule has 0 radical (unpaired) electrons. The highest BCUT2D eigenvalue weighted by molar-refractivity contribution is 7.89. The number of sulfonamides is 1. The third-order valence-electron chi connectivity index (χ3n) is 5.06. The van der Waals surface area contributed by atoms with Crippen molar-refractivity contribution in [2.24, 2.45) is 5.73 Å². The molecule has 3 rings (SSSR count). The lowest BCUT2D eigenvalue weighted by Gasteiger charge is -2.34. The molecule has 1 aliphatic rings. The van der Waals surface area contributed by atoms with Gasteiger partial charge in [0.2, 0.25) is 10.0 Å². The molecule has 28 heavy (non-hydrogen) atoms. The van der Waals surface area contributed by atoms with E-state index in [0.29, 0.717) is 29.1 Å². The molecule has 1 saturated heterocycles. The van der Waals surface area contributed by atoms with E-state index < -0.39 is 10.0 Å². The minimum absolute atomic E-state index is 0.127. The molecule has 148 valence electrons. The van der Waals surface area contributed by atoms with Crippen LogP contribution in [0.1, 0.15) is 27.0 Å². The molecular weight excluding hydrogens is 394 g/mol. The summed E-state index contributed by atoms with van der Waals surface area (Å²) in [4.78, 5) is 14.9. The second-order valence-electron chi connectivity index (χ2n) is 6.88. The molecule has 1 fully saturated rings. The second kappa shape index (κ2) is 7.98. The van der Waals surface area contributed by atoms with Gasteiger partial charge in [-0.25, -0.2) is 8.42 Å². The Labute approximate surface area is 171 Å². The third-order valence-corrected chi connectivity index (χ3v) is 7.19. The van der Waals surface area contributed by atoms with Gasteiger partial charge in [-0.3, -0.25) is 4.79 Å². The van der Waals surface area contributed by atoms with Crippen LogP contribution in [0, 0.1) is 13.8 Å². The summed E-state index contributed by atoms with van der Waals surface area (Å²) in [6, 6.07) is 12.0. The Morgan fingerprint density at radius 1 is 0.929 bits per heavy atom. The van der Waals surface area contributed by atoms with Crippen molar-refractivity contribution in [1.29, 1.82) is 0 Å². The fraction of sp³-hybridized carbons (Fsp3) is 0.300. The Kier molecular flexibility index (Phi) is 5.83. The first-order valence-corrected chi connectivity index (χ1v) is 10.8. The van der Waals surface area contributed by atoms with Crippen LogP contribution in [0.25, 0.3) is 0 Å². The number of piperazine rings is 1. The summed E-state index contributed by atoms with van der Waals surface area (Å²) in [5.74, 6) is -0.127. The molecule has 1 aliphatic heterocycles. The van der Waals surface area contributed by atoms with Crippen LogP contribution in [-0.4, -0.2) is 54.7 Å². The van der Waals surface area contributed by atoms with Crippen molar-refractivity contribution >= 4 is 33.1 Å². The van der Waals surface area contributed by atoms with Crippen molar-refractivity contribution in [1.82, 2.24) is 9.21 Å². The molecule has 2 N–H and O–H groups in total. The summed E-state index contributed by atoms with van der Waals surface area (Å²) in [7, 11) is -3.56. The third kappa shape index (κ3) is 4.09. The molecule has 0 spiro atoms. The van der Waals surface area contributed by atoms with Gasteiger partial charge in [0.15, 0.2) is 0 Å². The van der Waals surface area contributed by atoms with Crippen LogP contribution in [-0.2, 0) is 10.0 Å². The van der Waals surface area contributed by atoms with Crippen LogP contribution >= 0.6 is 12.2 Å². The highest BCUT2D eigenvalue weighted by atomic mass is 32.2. The van der Waals surface area contributed by atoms with E-state index in [1.165, 1.54) is 4.31 Å². The number of hydrogen-bond donors (Lipinski definition) is 1. The van der Waals surface area contributed by atoms with Gasteiger partial charge in [0.1, 0.15) is 4.99 Å². The van der Waals surface area contributed by atoms with Crippen molar-refractivity contribution in [2.75, 3.05) is 26.2 Å². The lowest BCUT2D eigenvalue weighted by molar-refractivity contribution is 0.0698. The highest BCUT2D eigenvalue weighted by Gasteiger charge is 2.30. The first-order valence-electron chi connectivity index (χ1n) is 8.96. The van der Waals surface area contributed by atoms with E-state index >= 15 is 0 Å². The fourth-order valence-corrected chi connectivity index (χ4v) is 4.76. The zero-order valence-corrected chi connectivity index (χ0v) is 17.5. The van der Waals surface area contributed by atoms with Crippen LogP contribution in [0.4, 0.5) is 0 Å². The van der Waals surface area contributed by atoms with Gasteiger partial charge in [0, 0.05) is 37.3 Å². The van der Waals surface area contributed by atoms with Crippen LogP contribution in [0.5, 0.6) is 0 Å². The summed E-state index contributed by atoms with van der Waals surface area (Å²) < 4.78 is 27.2. The molecule has 6 nitrogen and oxygen atoms in total. The first-order chi connectivity index (χ1) is 13.2. The second-order valence-corrected chi connectivity index (χ2v) is 9.26. The van der Waals surface area contributed by atoms with E-state index in [-0.39, 0.29) is 24.0 Å². The summed E-state index contributed by atoms with van der Waals surface area (Å²) in [6.07, 6.45) is 0. The topological polar surface area (TPSA) is 83.7 Å². The molecule has 0 aliphatic carbocycles. The Morgan fingerprint density at radius 2 is 1.50 bits per heavy atom. The van der Waals surface area contributed by atoms with Gasteiger partial charge in [-0.2, -0.15) is 4.31 Å². The SMILES string of the molecule is Cc1ccc(S(=O)(=O)N2CCN(C(=O)c3ccc(C(N)=S)cc3)CC2)cc1C. The molecule has 0 saturated carbocycles. The van der Waals surface area contributed by atoms with Gasteiger partial charge in [-0.05, 0) is 49.2 Å². The van der Waals surface area contributed by atoms with Crippen molar-refractivity contribution in [3.05, 3.63) is 64.7 Å². The van der Waals surface area contributed by atoms with Crippen molar-refractivity contribution in [3.8, 4) is 0 Å². The zero-order chi connectivity index (χ0) is 20.5. The van der Waals surface area contributed by atoms with Gasteiger partial charge in [-0.15, -0.1) is 0 Å². The van der Waals surface area contributed by atoms with Gasteiger partial charge < -0.3 is 10.6 Å². The summed E-state index contributed by atoms with van der Waals surface area (Å²) >= 11 is 4.92. The number of amides is 1. The maximum absolute atomic E-state index is 12.9. The Balaban J connectivity index is 1.68. The minimum Gasteiger partial charge on any atom is -0.389 e. The van der Waals surface area contributed by atoms with Crippen LogP contribution < -0.4 is 5.73 Å². The standard InChI is InChI=1S/C20H23N3O3S2/c1-14-3-8-18(13-15(14)2)28(25,26)23-11-9-22(10-12-23)20(24)17-6-4-16(5-7-17)19(21)27/h3-8,13H,9-12H2,1-2H3,(H2,21,27). The lowest BCUT2D eigenvalue weighted by Crippen LogP contribution is -2.50. The number of nitrogens with zero attached hydrogens (tertiary/aromatic N) is 2. The number of benzene rings is 2. The van der Waals surface area contributed by atoms with Gasteiger partial charge in [0.25, 0.3) is 5.91 Å². The van der Waals surface area contributed by atoms with E-state index in [1.807, 2.05) is 19.9 Å². The number of carbonyl (C=O) groups excluding carboxylic acids is 1. The maximum Gasteiger partial charge on any atom is 0.253 e. The molecule has 8 heteroatoms. The van der Waals surface area contributed by atoms with Gasteiger partial charge in [0.05, 0.1) is 4.90 Å². The molecule has 0 bridgehead atoms. The zero-order valence-electron chi connectivity index (χ0n) is 15.9. The van der Waals surface area contributed by atoms with Crippen molar-refractivity contribution in [3.63, 3.8) is 0 Å². The minimum atomic E-state index is -3.56. The van der Waals surface area contributed by atoms with E-state index in [2.05, 4.69) is 0 Å². The molecule has 0 unspecified atom stereocenters. The first kappa shape index (κ1) is 20.4. The molecule has 1 amide bonds. The highest BCUT2D eigenvalue weighted by Crippen LogP contribution is 2.21. The van der Waals surface area contributed by atoms with Crippen LogP contribution in [0.15, 0.2) is 47.4 Å². The van der Waals surface area contributed by atoms with Crippen LogP contribution in [0.3, 0.4) is 0 Å². The van der Waals surface area contributed by atoms with E-state index in [4.69, 9.17) is 18.0 Å². The van der Waals surface area contributed by atoms with Gasteiger partial charge >= 0.3 is 0 Å². The Morgan fingerprint density at radius 3 is 2.04 bits per heavy atom. The number of hydrogen-bond acceptors (Lipinski definition) is 4. The van der Waals surface area contributed by atoms with E-state index in [1.54, 1.807) is 41.3 Å². The number of nitrogens with two attached hydrogens (primary N) is 1. The molecule has 2 aromatic carbocycles. The fourth-order valence-electron chi connectivity index (χ4n) is 3.11. The normalized spacial score (nSPS) is 15.4. The summed E-state index contributed by atoms with van der Waals surface area (Å²) in [5.41, 5.74) is 8.81. The predicted octanol–water partition coefficient (Wildman–Crippen LogP) is 2.08. The van der Waals surface area contributed by atoms with Crippen LogP contribution in [0.2, 0.25) is 0 Å². The van der Waals surface area contributed by atoms with Crippen molar-refractivity contribution in [2.45, 2.75) is 18.7 Å². The average molecular weight is 418 g/mol. The molecule has 2 aromatic rings. The Bertz CT molecular complexity index is 1010. The molecular formula is C20H23N3O3S2. The van der Waals surface area contributed by atoms with Crippen molar-refractivity contribution < 1.29 is 13.2 Å². The quantitative estimate of drug-likeness (QED) is 0.770. The molecule has 1 heterocycles. The predicted molar refractivity (Wildman–Crippen MR) is 113 cm³/mol. The molecule has 0 atom stereocenters. The smallest absolute Gasteiger partial charge is 0.253 e. The number of carbonyl (C=O) groups is 1. The number of aryl methyl sites for hydroxylation is 2. The lowest BCUT2D eigenvalue weighted by atomic mass is 10.1. The van der Waals surface area contributed by atoms with E-state index in [0.717, 1.165) is 11.1 Å². The number of thiocarbonyl (C=S) groups is 1.